The monoisotopic (exact) mass is 268 g/mol. The number of nitrogens with one attached hydrogen (secondary N) is 1. The lowest BCUT2D eigenvalue weighted by Crippen LogP contribution is -2.19. The Morgan fingerprint density at radius 3 is 2.71 bits per heavy atom. The van der Waals surface area contributed by atoms with Gasteiger partial charge >= 0.3 is 0 Å². The van der Waals surface area contributed by atoms with E-state index < -0.39 is 0 Å². The largest absolute Gasteiger partial charge is 0.507 e. The van der Waals surface area contributed by atoms with E-state index in [9.17, 15) is 9.90 Å². The van der Waals surface area contributed by atoms with Crippen molar-refractivity contribution in [3.63, 3.8) is 0 Å². The molecule has 0 atom stereocenters. The lowest BCUT2D eigenvalue weighted by atomic mass is 10.2. The van der Waals surface area contributed by atoms with E-state index >= 15 is 0 Å². The number of nitrogens with zero attached hydrogens (tertiary/aromatic N) is 1. The van der Waals surface area contributed by atoms with Crippen LogP contribution in [0.25, 0.3) is 0 Å². The van der Waals surface area contributed by atoms with Crippen LogP contribution in [-0.2, 0) is 0 Å². The molecule has 0 spiro atoms. The molecule has 17 heavy (non-hydrogen) atoms. The van der Waals surface area contributed by atoms with Crippen LogP contribution in [0.15, 0.2) is 29.4 Å². The number of amides is 1. The highest BCUT2D eigenvalue weighted by Gasteiger charge is 2.11. The van der Waals surface area contributed by atoms with E-state index in [1.807, 2.05) is 0 Å². The van der Waals surface area contributed by atoms with Crippen molar-refractivity contribution >= 4 is 33.8 Å². The molecule has 1 aliphatic rings. The van der Waals surface area contributed by atoms with Gasteiger partial charge in [0.25, 0.3) is 5.91 Å². The van der Waals surface area contributed by atoms with Crippen LogP contribution >= 0.6 is 23.5 Å². The molecular weight excluding hydrogens is 256 g/mol. The molecule has 4 nitrogen and oxygen atoms in total. The molecule has 0 unspecified atom stereocenters. The number of hydrazone groups is 1. The summed E-state index contributed by atoms with van der Waals surface area (Å²) in [6, 6.07) is 6.41. The number of aromatic hydroxyl groups is 1. The number of hydrogen-bond acceptors (Lipinski definition) is 5. The van der Waals surface area contributed by atoms with Crippen LogP contribution in [0.1, 0.15) is 16.8 Å². The van der Waals surface area contributed by atoms with Gasteiger partial charge in [0.2, 0.25) is 0 Å². The molecule has 0 saturated carbocycles. The van der Waals surface area contributed by atoms with Crippen LogP contribution in [0, 0.1) is 0 Å². The summed E-state index contributed by atoms with van der Waals surface area (Å²) in [5.74, 6) is 1.66. The zero-order valence-electron chi connectivity index (χ0n) is 9.05. The predicted octanol–water partition coefficient (Wildman–Crippen LogP) is 2.26. The third-order valence-corrected chi connectivity index (χ3v) is 4.51. The van der Waals surface area contributed by atoms with Gasteiger partial charge in [-0.15, -0.1) is 0 Å². The molecule has 0 aliphatic carbocycles. The second-order valence-corrected chi connectivity index (χ2v) is 5.81. The van der Waals surface area contributed by atoms with Crippen molar-refractivity contribution < 1.29 is 9.90 Å². The Bertz CT molecular complexity index is 441. The third-order valence-electron chi connectivity index (χ3n) is 2.14. The third kappa shape index (κ3) is 3.41. The summed E-state index contributed by atoms with van der Waals surface area (Å²) in [7, 11) is 0. The fourth-order valence-electron chi connectivity index (χ4n) is 1.31. The maximum Gasteiger partial charge on any atom is 0.275 e. The molecule has 6 heteroatoms. The minimum atomic E-state index is -0.387. The van der Waals surface area contributed by atoms with E-state index in [1.165, 1.54) is 12.5 Å². The summed E-state index contributed by atoms with van der Waals surface area (Å²) in [4.78, 5) is 11.7. The molecule has 1 saturated heterocycles. The van der Waals surface area contributed by atoms with Crippen LogP contribution in [0.5, 0.6) is 5.75 Å². The summed E-state index contributed by atoms with van der Waals surface area (Å²) in [6.45, 7) is 0. The van der Waals surface area contributed by atoms with Crippen molar-refractivity contribution in [2.45, 2.75) is 6.42 Å². The average molecular weight is 268 g/mol. The smallest absolute Gasteiger partial charge is 0.275 e. The van der Waals surface area contributed by atoms with Gasteiger partial charge in [-0.25, -0.2) is 5.43 Å². The van der Waals surface area contributed by atoms with E-state index in [0.717, 1.165) is 15.9 Å². The zero-order chi connectivity index (χ0) is 12.1. The minimum Gasteiger partial charge on any atom is -0.507 e. The lowest BCUT2D eigenvalue weighted by Gasteiger charge is -2.11. The Hall–Kier alpha value is -1.14. The number of carbonyl (C=O) groups excluding carboxylic acids is 1. The Kier molecular flexibility index (Phi) is 4.33. The molecule has 2 N–H and O–H groups in total. The highest BCUT2D eigenvalue weighted by molar-refractivity contribution is 8.39. The van der Waals surface area contributed by atoms with Crippen LogP contribution in [-0.4, -0.2) is 26.9 Å². The van der Waals surface area contributed by atoms with Gasteiger partial charge in [-0.05, 0) is 18.6 Å². The van der Waals surface area contributed by atoms with E-state index in [0.29, 0.717) is 0 Å². The first-order valence-electron chi connectivity index (χ1n) is 5.19. The summed E-state index contributed by atoms with van der Waals surface area (Å²) in [5, 5.41) is 13.5. The van der Waals surface area contributed by atoms with Gasteiger partial charge in [0.05, 0.1) is 5.56 Å². The highest BCUT2D eigenvalue weighted by Crippen LogP contribution is 2.24. The fraction of sp³-hybridized carbons (Fsp3) is 0.273. The van der Waals surface area contributed by atoms with Crippen molar-refractivity contribution in [2.75, 3.05) is 11.5 Å². The van der Waals surface area contributed by atoms with Crippen LogP contribution in [0.2, 0.25) is 0 Å². The number of benzene rings is 1. The SMILES string of the molecule is O=C(NN=C1SCCCS1)c1ccccc1O. The maximum atomic E-state index is 11.7. The van der Waals surface area contributed by atoms with Crippen LogP contribution < -0.4 is 5.43 Å². The van der Waals surface area contributed by atoms with E-state index in [4.69, 9.17) is 0 Å². The van der Waals surface area contributed by atoms with Gasteiger partial charge in [-0.2, -0.15) is 5.10 Å². The molecular formula is C11H12N2O2S2. The van der Waals surface area contributed by atoms with E-state index in [1.54, 1.807) is 41.7 Å². The van der Waals surface area contributed by atoms with Crippen molar-refractivity contribution in [3.8, 4) is 5.75 Å². The predicted molar refractivity (Wildman–Crippen MR) is 72.5 cm³/mol. The summed E-state index contributed by atoms with van der Waals surface area (Å²) in [6.07, 6.45) is 1.17. The van der Waals surface area contributed by atoms with Gasteiger partial charge in [-0.3, -0.25) is 4.79 Å². The second kappa shape index (κ2) is 5.97. The molecule has 90 valence electrons. The first-order chi connectivity index (χ1) is 8.27. The quantitative estimate of drug-likeness (QED) is 0.808. The van der Waals surface area contributed by atoms with Crippen LogP contribution in [0.4, 0.5) is 0 Å². The number of carbonyl (C=O) groups is 1. The van der Waals surface area contributed by atoms with Crippen molar-refractivity contribution in [1.29, 1.82) is 0 Å². The van der Waals surface area contributed by atoms with Gasteiger partial charge in [0, 0.05) is 11.5 Å². The van der Waals surface area contributed by atoms with Gasteiger partial charge in [0.15, 0.2) is 0 Å². The van der Waals surface area contributed by atoms with Gasteiger partial charge in [0.1, 0.15) is 10.1 Å². The zero-order valence-corrected chi connectivity index (χ0v) is 10.7. The Morgan fingerprint density at radius 2 is 2.00 bits per heavy atom. The first-order valence-corrected chi connectivity index (χ1v) is 7.16. The van der Waals surface area contributed by atoms with Gasteiger partial charge in [-0.1, -0.05) is 35.7 Å². The molecule has 1 amide bonds. The number of rotatable bonds is 2. The molecule has 0 radical (unpaired) electrons. The molecule has 1 fully saturated rings. The summed E-state index contributed by atoms with van der Waals surface area (Å²) < 4.78 is 0.875. The number of phenolic OH excluding ortho intramolecular Hbond substituents is 1. The summed E-state index contributed by atoms with van der Waals surface area (Å²) >= 11 is 3.28. The molecule has 1 heterocycles. The lowest BCUT2D eigenvalue weighted by molar-refractivity contribution is 0.0952. The Labute approximate surface area is 108 Å². The average Bonchev–Trinajstić information content (AvgIpc) is 2.38. The molecule has 0 bridgehead atoms. The van der Waals surface area contributed by atoms with Gasteiger partial charge < -0.3 is 5.11 Å². The highest BCUT2D eigenvalue weighted by atomic mass is 32.2. The number of para-hydroxylation sites is 1. The number of thioether (sulfide) groups is 2. The summed E-state index contributed by atoms with van der Waals surface area (Å²) in [5.41, 5.74) is 2.70. The molecule has 1 aliphatic heterocycles. The maximum absolute atomic E-state index is 11.7. The molecule has 0 aromatic heterocycles. The number of hydrogen-bond donors (Lipinski definition) is 2. The van der Waals surface area contributed by atoms with E-state index in [-0.39, 0.29) is 17.2 Å². The fourth-order valence-corrected chi connectivity index (χ4v) is 3.47. The van der Waals surface area contributed by atoms with Crippen LogP contribution in [0.3, 0.4) is 0 Å². The minimum absolute atomic E-state index is 0.0332. The molecule has 1 aromatic rings. The van der Waals surface area contributed by atoms with Crippen molar-refractivity contribution in [3.05, 3.63) is 29.8 Å². The van der Waals surface area contributed by atoms with Crippen molar-refractivity contribution in [2.24, 2.45) is 5.10 Å². The van der Waals surface area contributed by atoms with Crippen molar-refractivity contribution in [1.82, 2.24) is 5.43 Å². The molecule has 2 rings (SSSR count). The Balaban J connectivity index is 2.00. The Morgan fingerprint density at radius 1 is 1.29 bits per heavy atom. The standard InChI is InChI=1S/C11H12N2O2S2/c14-9-5-2-1-4-8(9)10(15)12-13-11-16-6-3-7-17-11/h1-2,4-5,14H,3,6-7H2,(H,12,15). The van der Waals surface area contributed by atoms with E-state index in [2.05, 4.69) is 10.5 Å². The second-order valence-electron chi connectivity index (χ2n) is 3.39. The molecule has 1 aromatic carbocycles. The first kappa shape index (κ1) is 12.3. The topological polar surface area (TPSA) is 61.7 Å². The number of phenols is 1. The normalized spacial score (nSPS) is 15.4.